The number of aromatic nitrogens is 2. The maximum absolute atomic E-state index is 12.2. The zero-order valence-corrected chi connectivity index (χ0v) is 12.6. The number of nitrogens with one attached hydrogen (secondary N) is 2. The number of rotatable bonds is 5. The van der Waals surface area contributed by atoms with E-state index in [1.807, 2.05) is 6.92 Å². The Morgan fingerprint density at radius 2 is 2.19 bits per heavy atom. The highest BCUT2D eigenvalue weighted by molar-refractivity contribution is 7.90. The van der Waals surface area contributed by atoms with E-state index >= 15 is 0 Å². The van der Waals surface area contributed by atoms with Gasteiger partial charge < -0.3 is 10.3 Å². The number of hydrogen-bond acceptors (Lipinski definition) is 4. The summed E-state index contributed by atoms with van der Waals surface area (Å²) >= 11 is 0. The molecule has 1 heterocycles. The van der Waals surface area contributed by atoms with E-state index in [-0.39, 0.29) is 16.8 Å². The molecule has 0 bridgehead atoms. The maximum atomic E-state index is 12.2. The molecule has 2 aromatic rings. The highest BCUT2D eigenvalue weighted by Crippen LogP contribution is 2.15. The zero-order valence-electron chi connectivity index (χ0n) is 11.8. The molecule has 0 saturated heterocycles. The lowest BCUT2D eigenvalue weighted by Crippen LogP contribution is -2.29. The molecule has 0 radical (unpaired) electrons. The third-order valence-corrected chi connectivity index (χ3v) is 4.20. The van der Waals surface area contributed by atoms with Crippen molar-refractivity contribution in [1.29, 1.82) is 0 Å². The van der Waals surface area contributed by atoms with Crippen LogP contribution in [-0.4, -0.2) is 30.5 Å². The SMILES string of the molecule is CCC(NC(=O)c1cccc(S(C)(=O)=O)c1)c1ncc[nH]1. The van der Waals surface area contributed by atoms with Crippen LogP contribution in [0.4, 0.5) is 0 Å². The second-order valence-electron chi connectivity index (χ2n) is 4.71. The molecule has 1 atom stereocenters. The first kappa shape index (κ1) is 15.2. The molecular formula is C14H17N3O3S. The van der Waals surface area contributed by atoms with Crippen LogP contribution in [0.3, 0.4) is 0 Å². The Labute approximate surface area is 123 Å². The van der Waals surface area contributed by atoms with Gasteiger partial charge in [0.2, 0.25) is 0 Å². The molecule has 7 heteroatoms. The Balaban J connectivity index is 2.21. The third kappa shape index (κ3) is 3.69. The van der Waals surface area contributed by atoms with E-state index < -0.39 is 9.84 Å². The van der Waals surface area contributed by atoms with Gasteiger partial charge in [-0.3, -0.25) is 4.79 Å². The topological polar surface area (TPSA) is 91.9 Å². The Morgan fingerprint density at radius 1 is 1.43 bits per heavy atom. The lowest BCUT2D eigenvalue weighted by atomic mass is 10.1. The van der Waals surface area contributed by atoms with Gasteiger partial charge in [-0.1, -0.05) is 13.0 Å². The molecule has 0 aliphatic rings. The fourth-order valence-corrected chi connectivity index (χ4v) is 2.61. The molecule has 0 aliphatic carbocycles. The van der Waals surface area contributed by atoms with Crippen LogP contribution >= 0.6 is 0 Å². The van der Waals surface area contributed by atoms with E-state index in [2.05, 4.69) is 15.3 Å². The van der Waals surface area contributed by atoms with Crippen LogP contribution in [0, 0.1) is 0 Å². The van der Waals surface area contributed by atoms with Gasteiger partial charge in [-0.05, 0) is 24.6 Å². The number of aromatic amines is 1. The Bertz CT molecular complexity index is 724. The number of sulfone groups is 1. The van der Waals surface area contributed by atoms with Crippen LogP contribution in [0.1, 0.15) is 35.6 Å². The van der Waals surface area contributed by atoms with Gasteiger partial charge in [-0.25, -0.2) is 13.4 Å². The first-order valence-electron chi connectivity index (χ1n) is 6.52. The monoisotopic (exact) mass is 307 g/mol. The summed E-state index contributed by atoms with van der Waals surface area (Å²) in [6, 6.07) is 5.74. The summed E-state index contributed by atoms with van der Waals surface area (Å²) in [5.74, 6) is 0.342. The molecule has 2 rings (SSSR count). The van der Waals surface area contributed by atoms with Crippen molar-refractivity contribution in [2.24, 2.45) is 0 Å². The number of hydrogen-bond donors (Lipinski definition) is 2. The minimum Gasteiger partial charge on any atom is -0.347 e. The van der Waals surface area contributed by atoms with Crippen LogP contribution in [0.5, 0.6) is 0 Å². The smallest absolute Gasteiger partial charge is 0.251 e. The molecule has 0 saturated carbocycles. The second kappa shape index (κ2) is 6.09. The van der Waals surface area contributed by atoms with Gasteiger partial charge in [0.05, 0.1) is 10.9 Å². The summed E-state index contributed by atoms with van der Waals surface area (Å²) in [6.07, 6.45) is 5.09. The second-order valence-corrected chi connectivity index (χ2v) is 6.72. The predicted octanol–water partition coefficient (Wildman–Crippen LogP) is 1.69. The lowest BCUT2D eigenvalue weighted by Gasteiger charge is -2.15. The Kier molecular flexibility index (Phi) is 4.42. The summed E-state index contributed by atoms with van der Waals surface area (Å²) < 4.78 is 23.1. The van der Waals surface area contributed by atoms with Gasteiger partial charge in [0, 0.05) is 24.2 Å². The van der Waals surface area contributed by atoms with Crippen LogP contribution in [0.15, 0.2) is 41.6 Å². The predicted molar refractivity (Wildman–Crippen MR) is 78.6 cm³/mol. The maximum Gasteiger partial charge on any atom is 0.251 e. The quantitative estimate of drug-likeness (QED) is 0.879. The molecule has 0 spiro atoms. The molecule has 1 amide bonds. The van der Waals surface area contributed by atoms with Crippen molar-refractivity contribution >= 4 is 15.7 Å². The average molecular weight is 307 g/mol. The highest BCUT2D eigenvalue weighted by atomic mass is 32.2. The molecule has 1 unspecified atom stereocenters. The standard InChI is InChI=1S/C14H17N3O3S/c1-3-12(13-15-7-8-16-13)17-14(18)10-5-4-6-11(9-10)21(2,19)20/h4-9,12H,3H2,1-2H3,(H,15,16)(H,17,18). The summed E-state index contributed by atoms with van der Waals surface area (Å²) in [7, 11) is -3.33. The fourth-order valence-electron chi connectivity index (χ4n) is 1.94. The van der Waals surface area contributed by atoms with Gasteiger partial charge in [-0.15, -0.1) is 0 Å². The summed E-state index contributed by atoms with van der Waals surface area (Å²) in [4.78, 5) is 19.5. The van der Waals surface area contributed by atoms with E-state index in [0.717, 1.165) is 6.26 Å². The third-order valence-electron chi connectivity index (χ3n) is 3.09. The number of H-pyrrole nitrogens is 1. The van der Waals surface area contributed by atoms with Gasteiger partial charge in [0.15, 0.2) is 9.84 Å². The molecule has 21 heavy (non-hydrogen) atoms. The van der Waals surface area contributed by atoms with Crippen LogP contribution in [0.2, 0.25) is 0 Å². The van der Waals surface area contributed by atoms with Crippen molar-refractivity contribution in [3.63, 3.8) is 0 Å². The number of carbonyl (C=O) groups is 1. The first-order valence-corrected chi connectivity index (χ1v) is 8.41. The summed E-state index contributed by atoms with van der Waals surface area (Å²) in [5, 5.41) is 2.84. The van der Waals surface area contributed by atoms with E-state index in [9.17, 15) is 13.2 Å². The number of carbonyl (C=O) groups excluding carboxylic acids is 1. The largest absolute Gasteiger partial charge is 0.347 e. The zero-order chi connectivity index (χ0) is 15.5. The van der Waals surface area contributed by atoms with Crippen LogP contribution < -0.4 is 5.32 Å². The highest BCUT2D eigenvalue weighted by Gasteiger charge is 2.17. The molecule has 0 aliphatic heterocycles. The first-order chi connectivity index (χ1) is 9.91. The summed E-state index contributed by atoms with van der Waals surface area (Å²) in [5.41, 5.74) is 0.308. The van der Waals surface area contributed by atoms with Crippen molar-refractivity contribution in [3.05, 3.63) is 48.0 Å². The van der Waals surface area contributed by atoms with E-state index in [0.29, 0.717) is 17.8 Å². The molecule has 1 aromatic carbocycles. The number of imidazole rings is 1. The Hall–Kier alpha value is -2.15. The van der Waals surface area contributed by atoms with Gasteiger partial charge in [0.1, 0.15) is 5.82 Å². The fraction of sp³-hybridized carbons (Fsp3) is 0.286. The van der Waals surface area contributed by atoms with E-state index in [1.165, 1.54) is 12.1 Å². The molecular weight excluding hydrogens is 290 g/mol. The van der Waals surface area contributed by atoms with Crippen molar-refractivity contribution < 1.29 is 13.2 Å². The van der Waals surface area contributed by atoms with Gasteiger partial charge >= 0.3 is 0 Å². The normalized spacial score (nSPS) is 12.9. The van der Waals surface area contributed by atoms with Crippen molar-refractivity contribution in [2.75, 3.05) is 6.26 Å². The van der Waals surface area contributed by atoms with Crippen molar-refractivity contribution in [1.82, 2.24) is 15.3 Å². The molecule has 0 fully saturated rings. The van der Waals surface area contributed by atoms with E-state index in [4.69, 9.17) is 0 Å². The van der Waals surface area contributed by atoms with Crippen molar-refractivity contribution in [3.8, 4) is 0 Å². The summed E-state index contributed by atoms with van der Waals surface area (Å²) in [6.45, 7) is 1.93. The number of amides is 1. The Morgan fingerprint density at radius 3 is 2.76 bits per heavy atom. The van der Waals surface area contributed by atoms with E-state index in [1.54, 1.807) is 24.5 Å². The van der Waals surface area contributed by atoms with Crippen molar-refractivity contribution in [2.45, 2.75) is 24.3 Å². The molecule has 112 valence electrons. The lowest BCUT2D eigenvalue weighted by molar-refractivity contribution is 0.0933. The molecule has 6 nitrogen and oxygen atoms in total. The minimum absolute atomic E-state index is 0.126. The average Bonchev–Trinajstić information content (AvgIpc) is 2.97. The van der Waals surface area contributed by atoms with Crippen LogP contribution in [0.25, 0.3) is 0 Å². The molecule has 2 N–H and O–H groups in total. The number of benzene rings is 1. The van der Waals surface area contributed by atoms with Gasteiger partial charge in [-0.2, -0.15) is 0 Å². The van der Waals surface area contributed by atoms with Gasteiger partial charge in [0.25, 0.3) is 5.91 Å². The number of nitrogens with zero attached hydrogens (tertiary/aromatic N) is 1. The minimum atomic E-state index is -3.33. The molecule has 1 aromatic heterocycles. The van der Waals surface area contributed by atoms with Crippen LogP contribution in [-0.2, 0) is 9.84 Å².